The first kappa shape index (κ1) is 10.9. The fourth-order valence-electron chi connectivity index (χ4n) is 1.04. The van der Waals surface area contributed by atoms with Gasteiger partial charge >= 0.3 is 0 Å². The van der Waals surface area contributed by atoms with E-state index < -0.39 is 5.91 Å². The molecule has 1 aromatic heterocycles. The van der Waals surface area contributed by atoms with Gasteiger partial charge in [-0.15, -0.1) is 0 Å². The SMILES string of the molecule is O=C(Nc1cc(Cl)ccc1Cl)c1cnon1. The number of nitrogens with zero attached hydrogens (tertiary/aromatic N) is 2. The molecule has 0 saturated heterocycles. The monoisotopic (exact) mass is 257 g/mol. The third-order valence-electron chi connectivity index (χ3n) is 1.77. The van der Waals surface area contributed by atoms with Crippen LogP contribution in [-0.2, 0) is 0 Å². The van der Waals surface area contributed by atoms with E-state index in [2.05, 4.69) is 20.3 Å². The van der Waals surface area contributed by atoms with Gasteiger partial charge in [0.1, 0.15) is 6.20 Å². The van der Waals surface area contributed by atoms with E-state index in [0.29, 0.717) is 15.7 Å². The van der Waals surface area contributed by atoms with E-state index in [1.165, 1.54) is 12.3 Å². The molecule has 5 nitrogen and oxygen atoms in total. The van der Waals surface area contributed by atoms with Gasteiger partial charge in [-0.05, 0) is 23.4 Å². The van der Waals surface area contributed by atoms with Crippen molar-refractivity contribution in [3.8, 4) is 0 Å². The molecule has 0 radical (unpaired) electrons. The quantitative estimate of drug-likeness (QED) is 0.898. The van der Waals surface area contributed by atoms with E-state index in [0.717, 1.165) is 0 Å². The van der Waals surface area contributed by atoms with Gasteiger partial charge < -0.3 is 5.32 Å². The Bertz CT molecular complexity index is 513. The molecule has 82 valence electrons. The van der Waals surface area contributed by atoms with E-state index >= 15 is 0 Å². The molecule has 1 amide bonds. The molecule has 1 N–H and O–H groups in total. The second-order valence-electron chi connectivity index (χ2n) is 2.87. The summed E-state index contributed by atoms with van der Waals surface area (Å²) in [5.74, 6) is -0.467. The number of rotatable bonds is 2. The predicted molar refractivity (Wildman–Crippen MR) is 58.7 cm³/mol. The topological polar surface area (TPSA) is 68.0 Å². The molecule has 7 heteroatoms. The average Bonchev–Trinajstić information content (AvgIpc) is 2.76. The largest absolute Gasteiger partial charge is 0.319 e. The molecule has 0 unspecified atom stereocenters. The maximum absolute atomic E-state index is 11.6. The van der Waals surface area contributed by atoms with Crippen molar-refractivity contribution >= 4 is 34.8 Å². The number of aromatic nitrogens is 2. The van der Waals surface area contributed by atoms with E-state index in [1.54, 1.807) is 12.1 Å². The predicted octanol–water partition coefficient (Wildman–Crippen LogP) is 2.63. The highest BCUT2D eigenvalue weighted by molar-refractivity contribution is 6.35. The molecule has 0 aliphatic carbocycles. The lowest BCUT2D eigenvalue weighted by molar-refractivity contribution is 0.101. The molecule has 0 aliphatic heterocycles. The third-order valence-corrected chi connectivity index (χ3v) is 2.34. The minimum absolute atomic E-state index is 0.0658. The molecular weight excluding hydrogens is 253 g/mol. The number of benzene rings is 1. The van der Waals surface area contributed by atoms with Gasteiger partial charge in [-0.25, -0.2) is 4.63 Å². The normalized spacial score (nSPS) is 10.1. The van der Waals surface area contributed by atoms with Crippen LogP contribution in [0.2, 0.25) is 10.0 Å². The number of anilines is 1. The summed E-state index contributed by atoms with van der Waals surface area (Å²) in [6, 6.07) is 4.74. The Morgan fingerprint density at radius 1 is 1.38 bits per heavy atom. The van der Waals surface area contributed by atoms with Crippen LogP contribution in [0.4, 0.5) is 5.69 Å². The second-order valence-corrected chi connectivity index (χ2v) is 3.71. The van der Waals surface area contributed by atoms with E-state index in [4.69, 9.17) is 23.2 Å². The van der Waals surface area contributed by atoms with Crippen LogP contribution in [0, 0.1) is 0 Å². The number of carbonyl (C=O) groups is 1. The minimum atomic E-state index is -0.467. The molecule has 2 rings (SSSR count). The zero-order valence-corrected chi connectivity index (χ0v) is 9.29. The van der Waals surface area contributed by atoms with Crippen molar-refractivity contribution in [1.82, 2.24) is 10.3 Å². The maximum atomic E-state index is 11.6. The van der Waals surface area contributed by atoms with Crippen LogP contribution in [0.25, 0.3) is 0 Å². The molecule has 0 bridgehead atoms. The average molecular weight is 258 g/mol. The van der Waals surface area contributed by atoms with Crippen LogP contribution in [0.15, 0.2) is 29.0 Å². The van der Waals surface area contributed by atoms with Crippen LogP contribution < -0.4 is 5.32 Å². The number of hydrogen-bond donors (Lipinski definition) is 1. The third kappa shape index (κ3) is 2.32. The molecule has 16 heavy (non-hydrogen) atoms. The first-order valence-corrected chi connectivity index (χ1v) is 4.96. The van der Waals surface area contributed by atoms with Gasteiger partial charge in [-0.3, -0.25) is 4.79 Å². The van der Waals surface area contributed by atoms with Gasteiger partial charge in [0.25, 0.3) is 5.91 Å². The van der Waals surface area contributed by atoms with Gasteiger partial charge in [0.2, 0.25) is 0 Å². The molecule has 0 fully saturated rings. The Kier molecular flexibility index (Phi) is 3.07. The van der Waals surface area contributed by atoms with Crippen molar-refractivity contribution in [2.45, 2.75) is 0 Å². The highest BCUT2D eigenvalue weighted by Crippen LogP contribution is 2.25. The Balaban J connectivity index is 2.21. The fraction of sp³-hybridized carbons (Fsp3) is 0. The summed E-state index contributed by atoms with van der Waals surface area (Å²) in [6.07, 6.45) is 1.20. The molecule has 1 aromatic carbocycles. The molecular formula is C9H5Cl2N3O2. The van der Waals surface area contributed by atoms with Gasteiger partial charge in [0.05, 0.1) is 10.7 Å². The van der Waals surface area contributed by atoms with Gasteiger partial charge in [0, 0.05) is 5.02 Å². The molecule has 0 atom stereocenters. The molecule has 0 saturated carbocycles. The molecule has 0 aliphatic rings. The van der Waals surface area contributed by atoms with E-state index in [9.17, 15) is 4.79 Å². The summed E-state index contributed by atoms with van der Waals surface area (Å²) >= 11 is 11.6. The van der Waals surface area contributed by atoms with Crippen molar-refractivity contribution in [1.29, 1.82) is 0 Å². The van der Waals surface area contributed by atoms with Crippen LogP contribution in [0.1, 0.15) is 10.5 Å². The summed E-state index contributed by atoms with van der Waals surface area (Å²) in [7, 11) is 0. The van der Waals surface area contributed by atoms with Crippen molar-refractivity contribution in [3.63, 3.8) is 0 Å². The maximum Gasteiger partial charge on any atom is 0.279 e. The number of amides is 1. The first-order valence-electron chi connectivity index (χ1n) is 4.21. The summed E-state index contributed by atoms with van der Waals surface area (Å²) in [4.78, 5) is 11.6. The molecule has 1 heterocycles. The lowest BCUT2D eigenvalue weighted by Crippen LogP contribution is -2.12. The summed E-state index contributed by atoms with van der Waals surface area (Å²) in [5, 5.41) is 10.1. The van der Waals surface area contributed by atoms with Crippen LogP contribution >= 0.6 is 23.2 Å². The summed E-state index contributed by atoms with van der Waals surface area (Å²) < 4.78 is 4.31. The molecule has 2 aromatic rings. The van der Waals surface area contributed by atoms with Crippen molar-refractivity contribution in [3.05, 3.63) is 40.1 Å². The van der Waals surface area contributed by atoms with Gasteiger partial charge in [-0.1, -0.05) is 28.4 Å². The van der Waals surface area contributed by atoms with Crippen molar-refractivity contribution in [2.75, 3.05) is 5.32 Å². The van der Waals surface area contributed by atoms with E-state index in [1.807, 2.05) is 0 Å². The lowest BCUT2D eigenvalue weighted by Gasteiger charge is -2.05. The van der Waals surface area contributed by atoms with Crippen molar-refractivity contribution < 1.29 is 9.42 Å². The summed E-state index contributed by atoms with van der Waals surface area (Å²) in [6.45, 7) is 0. The smallest absolute Gasteiger partial charge is 0.279 e. The Hall–Kier alpha value is -1.59. The van der Waals surface area contributed by atoms with Gasteiger partial charge in [-0.2, -0.15) is 0 Å². The zero-order chi connectivity index (χ0) is 11.5. The highest BCUT2D eigenvalue weighted by Gasteiger charge is 2.12. The second kappa shape index (κ2) is 4.51. The number of nitrogens with one attached hydrogen (secondary N) is 1. The van der Waals surface area contributed by atoms with Crippen molar-refractivity contribution in [2.24, 2.45) is 0 Å². The Labute approximate surface area is 100 Å². The Morgan fingerprint density at radius 2 is 2.19 bits per heavy atom. The zero-order valence-electron chi connectivity index (χ0n) is 7.78. The highest BCUT2D eigenvalue weighted by atomic mass is 35.5. The number of carbonyl (C=O) groups excluding carboxylic acids is 1. The minimum Gasteiger partial charge on any atom is -0.319 e. The molecule has 0 spiro atoms. The lowest BCUT2D eigenvalue weighted by atomic mass is 10.3. The Morgan fingerprint density at radius 3 is 2.88 bits per heavy atom. The first-order chi connectivity index (χ1) is 7.66. The fourth-order valence-corrected chi connectivity index (χ4v) is 1.38. The number of halogens is 2. The van der Waals surface area contributed by atoms with Crippen LogP contribution in [0.5, 0.6) is 0 Å². The van der Waals surface area contributed by atoms with Gasteiger partial charge in [0.15, 0.2) is 5.69 Å². The van der Waals surface area contributed by atoms with E-state index in [-0.39, 0.29) is 5.69 Å². The number of hydrogen-bond acceptors (Lipinski definition) is 4. The summed E-state index contributed by atoms with van der Waals surface area (Å²) in [5.41, 5.74) is 0.471. The van der Waals surface area contributed by atoms with Crippen LogP contribution in [-0.4, -0.2) is 16.2 Å². The standard InChI is InChI=1S/C9H5Cl2N3O2/c10-5-1-2-6(11)7(3-5)13-9(15)8-4-12-16-14-8/h1-4H,(H,13,15). The van der Waals surface area contributed by atoms with Crippen LogP contribution in [0.3, 0.4) is 0 Å².